The van der Waals surface area contributed by atoms with Crippen molar-refractivity contribution in [3.63, 3.8) is 0 Å². The molecule has 1 aromatic heterocycles. The maximum Gasteiger partial charge on any atom is 0.273 e. The van der Waals surface area contributed by atoms with Gasteiger partial charge in [-0.1, -0.05) is 19.1 Å². The molecule has 7 heteroatoms. The molecule has 6 nitrogen and oxygen atoms in total. The lowest BCUT2D eigenvalue weighted by Gasteiger charge is -2.27. The number of amides is 2. The van der Waals surface area contributed by atoms with E-state index in [1.54, 1.807) is 4.90 Å². The summed E-state index contributed by atoms with van der Waals surface area (Å²) in [4.78, 5) is 31.2. The van der Waals surface area contributed by atoms with E-state index >= 15 is 0 Å². The summed E-state index contributed by atoms with van der Waals surface area (Å²) in [6.45, 7) is 4.14. The number of para-hydroxylation sites is 1. The average molecular weight is 345 g/mol. The van der Waals surface area contributed by atoms with Crippen molar-refractivity contribution in [2.45, 2.75) is 37.8 Å². The lowest BCUT2D eigenvalue weighted by molar-refractivity contribution is -0.116. The van der Waals surface area contributed by atoms with Crippen LogP contribution < -0.4 is 10.2 Å². The Morgan fingerprint density at radius 3 is 3.04 bits per heavy atom. The van der Waals surface area contributed by atoms with Crippen LogP contribution in [0.4, 0.5) is 5.69 Å². The highest BCUT2D eigenvalue weighted by molar-refractivity contribution is 8.00. The topological polar surface area (TPSA) is 75.4 Å². The summed E-state index contributed by atoms with van der Waals surface area (Å²) in [6.07, 6.45) is 2.18. The van der Waals surface area contributed by atoms with Crippen LogP contribution in [0.1, 0.15) is 36.6 Å². The first kappa shape index (κ1) is 16.6. The second-order valence-electron chi connectivity index (χ2n) is 5.65. The summed E-state index contributed by atoms with van der Waals surface area (Å²) < 4.78 is 5.39. The second-order valence-corrected chi connectivity index (χ2v) is 6.66. The zero-order valence-electron chi connectivity index (χ0n) is 13.6. The molecule has 0 radical (unpaired) electrons. The van der Waals surface area contributed by atoms with Crippen molar-refractivity contribution >= 4 is 29.3 Å². The van der Waals surface area contributed by atoms with Gasteiger partial charge in [0.1, 0.15) is 12.8 Å². The molecule has 0 spiro atoms. The Labute approximate surface area is 144 Å². The number of anilines is 1. The maximum atomic E-state index is 12.2. The lowest BCUT2D eigenvalue weighted by Crippen LogP contribution is -2.35. The van der Waals surface area contributed by atoms with E-state index in [0.717, 1.165) is 17.0 Å². The van der Waals surface area contributed by atoms with Crippen LogP contribution in [0.5, 0.6) is 0 Å². The molecule has 0 saturated heterocycles. The van der Waals surface area contributed by atoms with E-state index in [1.165, 1.54) is 18.0 Å². The van der Waals surface area contributed by atoms with E-state index in [4.69, 9.17) is 4.42 Å². The first-order valence-corrected chi connectivity index (χ1v) is 8.84. The van der Waals surface area contributed by atoms with Crippen molar-refractivity contribution in [1.29, 1.82) is 0 Å². The third-order valence-electron chi connectivity index (χ3n) is 3.88. The minimum Gasteiger partial charge on any atom is -0.446 e. The molecule has 1 unspecified atom stereocenters. The fraction of sp³-hybridized carbons (Fsp3) is 0.353. The summed E-state index contributed by atoms with van der Waals surface area (Å²) in [5, 5.41) is 2.84. The first-order chi connectivity index (χ1) is 11.6. The lowest BCUT2D eigenvalue weighted by atomic mass is 10.2. The van der Waals surface area contributed by atoms with Crippen LogP contribution in [-0.4, -0.2) is 28.6 Å². The summed E-state index contributed by atoms with van der Waals surface area (Å²) in [5.41, 5.74) is 1.08. The van der Waals surface area contributed by atoms with Gasteiger partial charge in [-0.15, -0.1) is 11.8 Å². The Kier molecular flexibility index (Phi) is 4.89. The van der Waals surface area contributed by atoms with Gasteiger partial charge in [-0.3, -0.25) is 9.59 Å². The molecule has 0 fully saturated rings. The number of benzene rings is 1. The second kappa shape index (κ2) is 7.09. The van der Waals surface area contributed by atoms with E-state index in [2.05, 4.69) is 10.3 Å². The number of aromatic nitrogens is 1. The Balaban J connectivity index is 1.75. The Bertz CT molecular complexity index is 759. The SMILES string of the molecule is CCC(C)NC(=O)c1coc(CN2C(=O)CSc3ccccc32)n1. The van der Waals surface area contributed by atoms with Crippen molar-refractivity contribution in [2.24, 2.45) is 0 Å². The number of hydrogen-bond acceptors (Lipinski definition) is 5. The molecule has 24 heavy (non-hydrogen) atoms. The van der Waals surface area contributed by atoms with Crippen LogP contribution in [0.15, 0.2) is 39.8 Å². The fourth-order valence-corrected chi connectivity index (χ4v) is 3.29. The van der Waals surface area contributed by atoms with Crippen LogP contribution in [-0.2, 0) is 11.3 Å². The van der Waals surface area contributed by atoms with Crippen molar-refractivity contribution in [2.75, 3.05) is 10.7 Å². The van der Waals surface area contributed by atoms with Gasteiger partial charge in [0.15, 0.2) is 5.69 Å². The molecular formula is C17H19N3O3S. The molecule has 1 N–H and O–H groups in total. The molecule has 1 aliphatic heterocycles. The fourth-order valence-electron chi connectivity index (χ4n) is 2.35. The Hall–Kier alpha value is -2.28. The summed E-state index contributed by atoms with van der Waals surface area (Å²) >= 11 is 1.52. The largest absolute Gasteiger partial charge is 0.446 e. The third-order valence-corrected chi connectivity index (χ3v) is 4.92. The van der Waals surface area contributed by atoms with Gasteiger partial charge in [-0.2, -0.15) is 0 Å². The van der Waals surface area contributed by atoms with E-state index < -0.39 is 0 Å². The number of hydrogen-bond donors (Lipinski definition) is 1. The molecule has 0 bridgehead atoms. The normalized spacial score (nSPS) is 15.1. The molecule has 1 aliphatic rings. The Morgan fingerprint density at radius 1 is 1.46 bits per heavy atom. The molecule has 2 aromatic rings. The van der Waals surface area contributed by atoms with Gasteiger partial charge in [-0.05, 0) is 25.5 Å². The molecule has 3 rings (SSSR count). The van der Waals surface area contributed by atoms with Crippen molar-refractivity contribution in [1.82, 2.24) is 10.3 Å². The van der Waals surface area contributed by atoms with Gasteiger partial charge in [-0.25, -0.2) is 4.98 Å². The minimum atomic E-state index is -0.264. The van der Waals surface area contributed by atoms with Crippen molar-refractivity contribution in [3.05, 3.63) is 42.1 Å². The number of nitrogens with zero attached hydrogens (tertiary/aromatic N) is 2. The zero-order valence-corrected chi connectivity index (χ0v) is 14.4. The van der Waals surface area contributed by atoms with Gasteiger partial charge >= 0.3 is 0 Å². The number of fused-ring (bicyclic) bond motifs is 1. The van der Waals surface area contributed by atoms with Crippen LogP contribution in [0, 0.1) is 0 Å². The molecule has 2 amide bonds. The van der Waals surface area contributed by atoms with Crippen LogP contribution in [0.3, 0.4) is 0 Å². The number of thioether (sulfide) groups is 1. The molecule has 1 atom stereocenters. The summed E-state index contributed by atoms with van der Waals surface area (Å²) in [6, 6.07) is 7.80. The summed E-state index contributed by atoms with van der Waals surface area (Å²) in [5.74, 6) is 0.473. The number of rotatable bonds is 5. The smallest absolute Gasteiger partial charge is 0.273 e. The molecule has 2 heterocycles. The van der Waals surface area contributed by atoms with Gasteiger partial charge in [0, 0.05) is 10.9 Å². The van der Waals surface area contributed by atoms with Gasteiger partial charge < -0.3 is 14.6 Å². The Morgan fingerprint density at radius 2 is 2.25 bits per heavy atom. The van der Waals surface area contributed by atoms with E-state index in [0.29, 0.717) is 11.6 Å². The predicted molar refractivity (Wildman–Crippen MR) is 92.1 cm³/mol. The first-order valence-electron chi connectivity index (χ1n) is 7.86. The van der Waals surface area contributed by atoms with Crippen molar-refractivity contribution in [3.8, 4) is 0 Å². The highest BCUT2D eigenvalue weighted by Crippen LogP contribution is 2.35. The van der Waals surface area contributed by atoms with E-state index in [1.807, 2.05) is 38.1 Å². The van der Waals surface area contributed by atoms with Gasteiger partial charge in [0.2, 0.25) is 11.8 Å². The molecule has 0 aliphatic carbocycles. The predicted octanol–water partition coefficient (Wildman–Crippen LogP) is 2.84. The van der Waals surface area contributed by atoms with E-state index in [9.17, 15) is 9.59 Å². The van der Waals surface area contributed by atoms with Gasteiger partial charge in [0.25, 0.3) is 5.91 Å². The maximum absolute atomic E-state index is 12.2. The average Bonchev–Trinajstić information content (AvgIpc) is 3.06. The zero-order chi connectivity index (χ0) is 17.1. The van der Waals surface area contributed by atoms with Crippen LogP contribution in [0.25, 0.3) is 0 Å². The number of carbonyl (C=O) groups is 2. The summed E-state index contributed by atoms with van der Waals surface area (Å²) in [7, 11) is 0. The van der Waals surface area contributed by atoms with Gasteiger partial charge in [0.05, 0.1) is 11.4 Å². The molecule has 1 aromatic carbocycles. The highest BCUT2D eigenvalue weighted by atomic mass is 32.2. The standard InChI is InChI=1S/C17H19N3O3S/c1-3-11(2)18-17(22)12-9-23-15(19-12)8-20-13-6-4-5-7-14(13)24-10-16(20)21/h4-7,9,11H,3,8,10H2,1-2H3,(H,18,22). The number of oxazole rings is 1. The minimum absolute atomic E-state index is 0.00232. The van der Waals surface area contributed by atoms with Crippen LogP contribution in [0.2, 0.25) is 0 Å². The molecule has 126 valence electrons. The molecule has 0 saturated carbocycles. The quantitative estimate of drug-likeness (QED) is 0.902. The highest BCUT2D eigenvalue weighted by Gasteiger charge is 2.26. The number of carbonyl (C=O) groups excluding carboxylic acids is 2. The van der Waals surface area contributed by atoms with E-state index in [-0.39, 0.29) is 30.1 Å². The van der Waals surface area contributed by atoms with Crippen molar-refractivity contribution < 1.29 is 14.0 Å². The monoisotopic (exact) mass is 345 g/mol. The molecular weight excluding hydrogens is 326 g/mol. The van der Waals surface area contributed by atoms with Crippen LogP contribution >= 0.6 is 11.8 Å². The third kappa shape index (κ3) is 3.46. The number of nitrogens with one attached hydrogen (secondary N) is 1.